The molecule has 0 aromatic heterocycles. The van der Waals surface area contributed by atoms with Crippen LogP contribution in [0.25, 0.3) is 0 Å². The average Bonchev–Trinajstić information content (AvgIpc) is 2.29. The quantitative estimate of drug-likeness (QED) is 0.696. The van der Waals surface area contributed by atoms with Crippen LogP contribution in [0, 0.1) is 12.3 Å². The molecule has 0 aliphatic heterocycles. The molecule has 5 nitrogen and oxygen atoms in total. The number of benzene rings is 1. The second-order valence-corrected chi connectivity index (χ2v) is 4.12. The van der Waals surface area contributed by atoms with Crippen LogP contribution in [0.5, 0.6) is 0 Å². The highest BCUT2D eigenvalue weighted by atomic mass is 16.4. The lowest BCUT2D eigenvalue weighted by Gasteiger charge is -2.09. The topological polar surface area (TPSA) is 90.3 Å². The zero-order chi connectivity index (χ0) is 13.7. The van der Waals surface area contributed by atoms with Crippen molar-refractivity contribution in [2.24, 2.45) is 0 Å². The first-order valence-corrected chi connectivity index (χ1v) is 5.58. The van der Waals surface area contributed by atoms with Crippen molar-refractivity contribution in [3.8, 4) is 0 Å². The second kappa shape index (κ2) is 5.95. The Bertz CT molecular complexity index is 495. The van der Waals surface area contributed by atoms with E-state index in [1.807, 2.05) is 13.0 Å². The molecule has 0 radical (unpaired) electrons. The molecule has 0 saturated heterocycles. The molecular weight excluding hydrogens is 232 g/mol. The predicted octanol–water partition coefficient (Wildman–Crippen LogP) is 1.99. The number of aliphatic carboxylic acids is 1. The van der Waals surface area contributed by atoms with Crippen LogP contribution in [-0.4, -0.2) is 22.7 Å². The van der Waals surface area contributed by atoms with Crippen LogP contribution in [0.4, 0.5) is 5.69 Å². The largest absolute Gasteiger partial charge is 0.481 e. The number of aryl methyl sites for hydroxylation is 2. The summed E-state index contributed by atoms with van der Waals surface area (Å²) in [6.07, 6.45) is 0.554. The molecule has 0 aliphatic rings. The molecule has 0 spiro atoms. The minimum Gasteiger partial charge on any atom is -0.481 e. The van der Waals surface area contributed by atoms with Crippen LogP contribution in [0.1, 0.15) is 24.5 Å². The van der Waals surface area contributed by atoms with Gasteiger partial charge in [0.2, 0.25) is 0 Å². The molecule has 1 amide bonds. The number of carboxylic acids is 1. The summed E-state index contributed by atoms with van der Waals surface area (Å²) in [6, 6.07) is 5.36. The summed E-state index contributed by atoms with van der Waals surface area (Å²) in [5, 5.41) is 18.4. The number of amides is 1. The normalized spacial score (nSPS) is 9.89. The molecule has 0 unspecified atom stereocenters. The Morgan fingerprint density at radius 3 is 2.56 bits per heavy atom. The highest BCUT2D eigenvalue weighted by molar-refractivity contribution is 6.41. The summed E-state index contributed by atoms with van der Waals surface area (Å²) in [5.41, 5.74) is 2.36. The van der Waals surface area contributed by atoms with Gasteiger partial charge >= 0.3 is 5.97 Å². The summed E-state index contributed by atoms with van der Waals surface area (Å²) >= 11 is 0. The number of anilines is 1. The molecule has 18 heavy (non-hydrogen) atoms. The smallest absolute Gasteiger partial charge is 0.303 e. The molecule has 1 aromatic rings. The Hall–Kier alpha value is -2.17. The fourth-order valence-corrected chi connectivity index (χ4v) is 1.49. The maximum atomic E-state index is 11.4. The number of hydrogen-bond donors (Lipinski definition) is 3. The maximum Gasteiger partial charge on any atom is 0.303 e. The average molecular weight is 248 g/mol. The van der Waals surface area contributed by atoms with Crippen LogP contribution < -0.4 is 5.32 Å². The third-order valence-corrected chi connectivity index (χ3v) is 2.51. The first kappa shape index (κ1) is 13.9. The number of carbonyl (C=O) groups excluding carboxylic acids is 1. The predicted molar refractivity (Wildman–Crippen MR) is 69.2 cm³/mol. The summed E-state index contributed by atoms with van der Waals surface area (Å²) < 4.78 is 0. The van der Waals surface area contributed by atoms with Gasteiger partial charge in [-0.15, -0.1) is 0 Å². The first-order valence-electron chi connectivity index (χ1n) is 5.58. The van der Waals surface area contributed by atoms with Crippen molar-refractivity contribution >= 4 is 23.3 Å². The third kappa shape index (κ3) is 4.01. The summed E-state index contributed by atoms with van der Waals surface area (Å²) in [5.74, 6) is -1.26. The van der Waals surface area contributed by atoms with Gasteiger partial charge in [0.1, 0.15) is 0 Å². The van der Waals surface area contributed by atoms with Gasteiger partial charge in [0.15, 0.2) is 0 Å². The number of carboxylic acid groups (broad SMARTS) is 1. The Kier molecular flexibility index (Phi) is 4.59. The van der Waals surface area contributed by atoms with Gasteiger partial charge in [-0.25, -0.2) is 0 Å². The lowest BCUT2D eigenvalue weighted by atomic mass is 10.1. The van der Waals surface area contributed by atoms with Crippen molar-refractivity contribution in [3.63, 3.8) is 0 Å². The highest BCUT2D eigenvalue weighted by Crippen LogP contribution is 2.17. The van der Waals surface area contributed by atoms with E-state index in [9.17, 15) is 9.59 Å². The zero-order valence-electron chi connectivity index (χ0n) is 10.4. The van der Waals surface area contributed by atoms with E-state index in [0.717, 1.165) is 11.1 Å². The maximum absolute atomic E-state index is 11.4. The van der Waals surface area contributed by atoms with Gasteiger partial charge in [0.25, 0.3) is 5.91 Å². The molecule has 0 aliphatic carbocycles. The first-order chi connectivity index (χ1) is 8.40. The molecular formula is C13H16N2O3. The van der Waals surface area contributed by atoms with Crippen molar-refractivity contribution in [1.29, 1.82) is 5.41 Å². The van der Waals surface area contributed by atoms with Crippen LogP contribution in [0.3, 0.4) is 0 Å². The van der Waals surface area contributed by atoms with Crippen LogP contribution >= 0.6 is 0 Å². The van der Waals surface area contributed by atoms with Gasteiger partial charge in [0, 0.05) is 12.1 Å². The number of carbonyl (C=O) groups is 2. The van der Waals surface area contributed by atoms with Crippen molar-refractivity contribution in [3.05, 3.63) is 29.3 Å². The fraction of sp³-hybridized carbons (Fsp3) is 0.308. The van der Waals surface area contributed by atoms with E-state index in [1.54, 1.807) is 12.1 Å². The summed E-state index contributed by atoms with van der Waals surface area (Å²) in [4.78, 5) is 21.8. The van der Waals surface area contributed by atoms with E-state index in [4.69, 9.17) is 10.5 Å². The van der Waals surface area contributed by atoms with Crippen molar-refractivity contribution < 1.29 is 14.7 Å². The standard InChI is InChI=1S/C13H16N2O3/c1-8-7-10(4-6-12(16)17)3-5-11(8)15-13(18)9(2)14/h3,5,7,14H,4,6H2,1-2H3,(H,15,18)(H,16,17). The molecule has 96 valence electrons. The van der Waals surface area contributed by atoms with E-state index in [0.29, 0.717) is 12.1 Å². The van der Waals surface area contributed by atoms with Crippen molar-refractivity contribution in [2.45, 2.75) is 26.7 Å². The van der Waals surface area contributed by atoms with E-state index < -0.39 is 11.9 Å². The number of nitrogens with one attached hydrogen (secondary N) is 2. The minimum absolute atomic E-state index is 0.0515. The minimum atomic E-state index is -0.829. The lowest BCUT2D eigenvalue weighted by molar-refractivity contribution is -0.137. The molecule has 0 fully saturated rings. The molecule has 3 N–H and O–H groups in total. The van der Waals surface area contributed by atoms with Gasteiger partial charge in [-0.1, -0.05) is 12.1 Å². The van der Waals surface area contributed by atoms with Gasteiger partial charge in [0.05, 0.1) is 5.71 Å². The SMILES string of the molecule is CC(=N)C(=O)Nc1ccc(CCC(=O)O)cc1C. The van der Waals surface area contributed by atoms with Crippen LogP contribution in [-0.2, 0) is 16.0 Å². The van der Waals surface area contributed by atoms with Gasteiger partial charge in [-0.3, -0.25) is 15.0 Å². The van der Waals surface area contributed by atoms with Crippen LogP contribution in [0.15, 0.2) is 18.2 Å². The van der Waals surface area contributed by atoms with Crippen molar-refractivity contribution in [1.82, 2.24) is 0 Å². The monoisotopic (exact) mass is 248 g/mol. The number of hydrogen-bond acceptors (Lipinski definition) is 3. The molecule has 5 heteroatoms. The lowest BCUT2D eigenvalue weighted by Crippen LogP contribution is -2.19. The van der Waals surface area contributed by atoms with E-state index in [1.165, 1.54) is 6.92 Å². The van der Waals surface area contributed by atoms with E-state index in [-0.39, 0.29) is 12.1 Å². The molecule has 0 saturated carbocycles. The fourth-order valence-electron chi connectivity index (χ4n) is 1.49. The Morgan fingerprint density at radius 1 is 1.39 bits per heavy atom. The second-order valence-electron chi connectivity index (χ2n) is 4.12. The van der Waals surface area contributed by atoms with Gasteiger partial charge < -0.3 is 10.4 Å². The molecule has 0 heterocycles. The summed E-state index contributed by atoms with van der Waals surface area (Å²) in [7, 11) is 0. The molecule has 0 atom stereocenters. The van der Waals surface area contributed by atoms with Crippen molar-refractivity contribution in [2.75, 3.05) is 5.32 Å². The molecule has 0 bridgehead atoms. The zero-order valence-corrected chi connectivity index (χ0v) is 10.4. The van der Waals surface area contributed by atoms with E-state index >= 15 is 0 Å². The van der Waals surface area contributed by atoms with Crippen LogP contribution in [0.2, 0.25) is 0 Å². The highest BCUT2D eigenvalue weighted by Gasteiger charge is 2.07. The number of rotatable bonds is 5. The molecule has 1 aromatic carbocycles. The Labute approximate surface area is 105 Å². The van der Waals surface area contributed by atoms with Gasteiger partial charge in [-0.05, 0) is 37.5 Å². The molecule has 1 rings (SSSR count). The van der Waals surface area contributed by atoms with Gasteiger partial charge in [-0.2, -0.15) is 0 Å². The van der Waals surface area contributed by atoms with E-state index in [2.05, 4.69) is 5.32 Å². The Balaban J connectivity index is 2.76. The third-order valence-electron chi connectivity index (χ3n) is 2.51. The summed E-state index contributed by atoms with van der Waals surface area (Å²) in [6.45, 7) is 3.26. The Morgan fingerprint density at radius 2 is 2.06 bits per heavy atom.